The van der Waals surface area contributed by atoms with Gasteiger partial charge in [-0.2, -0.15) is 0 Å². The third-order valence-electron chi connectivity index (χ3n) is 2.84. The molecule has 0 bridgehead atoms. The fourth-order valence-corrected chi connectivity index (χ4v) is 2.14. The van der Waals surface area contributed by atoms with Crippen molar-refractivity contribution in [3.63, 3.8) is 0 Å². The molecule has 1 aliphatic heterocycles. The van der Waals surface area contributed by atoms with E-state index in [1.165, 1.54) is 6.07 Å². The van der Waals surface area contributed by atoms with Crippen LogP contribution in [0.15, 0.2) is 16.9 Å². The van der Waals surface area contributed by atoms with Crippen LogP contribution in [0, 0.1) is 5.92 Å². The molecule has 0 saturated carbocycles. The normalized spacial score (nSPS) is 25.0. The van der Waals surface area contributed by atoms with Gasteiger partial charge in [-0.1, -0.05) is 6.92 Å². The summed E-state index contributed by atoms with van der Waals surface area (Å²) in [6.45, 7) is 1.96. The van der Waals surface area contributed by atoms with Crippen molar-refractivity contribution in [3.05, 3.63) is 28.2 Å². The zero-order valence-corrected chi connectivity index (χ0v) is 7.97. The number of aromatic nitrogens is 1. The van der Waals surface area contributed by atoms with Crippen LogP contribution in [0.25, 0.3) is 0 Å². The predicted octanol–water partition coefficient (Wildman–Crippen LogP) is 0.279. The standard InChI is InChI=1S/C10H13NO3/c1-6-2-7-3-8(13)4-10(14)11(7)9(6)5-12/h3-4,6,9,12-13H,2,5H2,1H3/t6-,9+/m0/s1. The number of aliphatic hydroxyl groups excluding tert-OH is 1. The molecule has 1 aromatic rings. The lowest BCUT2D eigenvalue weighted by atomic mass is 10.0. The molecular formula is C10H13NO3. The van der Waals surface area contributed by atoms with Crippen LogP contribution in [-0.4, -0.2) is 21.4 Å². The van der Waals surface area contributed by atoms with Gasteiger partial charge in [0.15, 0.2) is 0 Å². The van der Waals surface area contributed by atoms with Gasteiger partial charge >= 0.3 is 0 Å². The first kappa shape index (κ1) is 9.27. The maximum atomic E-state index is 11.5. The molecule has 0 saturated heterocycles. The Bertz CT molecular complexity index is 410. The highest BCUT2D eigenvalue weighted by Gasteiger charge is 2.29. The van der Waals surface area contributed by atoms with E-state index in [9.17, 15) is 9.90 Å². The molecule has 14 heavy (non-hydrogen) atoms. The Morgan fingerprint density at radius 3 is 2.93 bits per heavy atom. The van der Waals surface area contributed by atoms with Crippen molar-refractivity contribution in [2.75, 3.05) is 6.61 Å². The highest BCUT2D eigenvalue weighted by molar-refractivity contribution is 5.25. The minimum Gasteiger partial charge on any atom is -0.508 e. The zero-order valence-electron chi connectivity index (χ0n) is 7.97. The summed E-state index contributed by atoms with van der Waals surface area (Å²) >= 11 is 0. The first-order valence-electron chi connectivity index (χ1n) is 4.68. The second kappa shape index (κ2) is 3.13. The lowest BCUT2D eigenvalue weighted by Crippen LogP contribution is -2.25. The molecule has 0 radical (unpaired) electrons. The van der Waals surface area contributed by atoms with E-state index >= 15 is 0 Å². The minimum absolute atomic E-state index is 0.00652. The largest absolute Gasteiger partial charge is 0.508 e. The number of aliphatic hydroxyl groups is 1. The highest BCUT2D eigenvalue weighted by Crippen LogP contribution is 2.30. The number of nitrogens with zero attached hydrogens (tertiary/aromatic N) is 1. The molecule has 4 nitrogen and oxygen atoms in total. The first-order valence-corrected chi connectivity index (χ1v) is 4.68. The van der Waals surface area contributed by atoms with Gasteiger partial charge in [-0.25, -0.2) is 0 Å². The minimum atomic E-state index is -0.233. The molecule has 2 N–H and O–H groups in total. The molecule has 0 unspecified atom stereocenters. The smallest absolute Gasteiger partial charge is 0.254 e. The van der Waals surface area contributed by atoms with Crippen molar-refractivity contribution >= 4 is 0 Å². The van der Waals surface area contributed by atoms with Crippen molar-refractivity contribution in [2.45, 2.75) is 19.4 Å². The van der Waals surface area contributed by atoms with Gasteiger partial charge < -0.3 is 14.8 Å². The summed E-state index contributed by atoms with van der Waals surface area (Å²) in [5.41, 5.74) is 0.574. The van der Waals surface area contributed by atoms with E-state index in [0.717, 1.165) is 12.1 Å². The van der Waals surface area contributed by atoms with Crippen molar-refractivity contribution in [2.24, 2.45) is 5.92 Å². The number of fused-ring (bicyclic) bond motifs is 1. The predicted molar refractivity (Wildman–Crippen MR) is 51.4 cm³/mol. The van der Waals surface area contributed by atoms with Gasteiger partial charge in [0.2, 0.25) is 0 Å². The van der Waals surface area contributed by atoms with Crippen LogP contribution >= 0.6 is 0 Å². The quantitative estimate of drug-likeness (QED) is 0.676. The lowest BCUT2D eigenvalue weighted by molar-refractivity contribution is 0.202. The van der Waals surface area contributed by atoms with Gasteiger partial charge in [0.25, 0.3) is 5.56 Å². The van der Waals surface area contributed by atoms with Crippen LogP contribution in [-0.2, 0) is 6.42 Å². The van der Waals surface area contributed by atoms with E-state index in [4.69, 9.17) is 5.11 Å². The molecule has 0 amide bonds. The summed E-state index contributed by atoms with van der Waals surface area (Å²) in [6.07, 6.45) is 0.731. The second-order valence-electron chi connectivity index (χ2n) is 3.84. The van der Waals surface area contributed by atoms with Gasteiger partial charge in [0, 0.05) is 11.8 Å². The SMILES string of the molecule is C[C@H]1Cc2cc(O)cc(=O)n2[C@@H]1CO. The molecule has 0 aromatic carbocycles. The summed E-state index contributed by atoms with van der Waals surface area (Å²) in [7, 11) is 0. The molecular weight excluding hydrogens is 182 g/mol. The van der Waals surface area contributed by atoms with Crippen LogP contribution < -0.4 is 5.56 Å². The van der Waals surface area contributed by atoms with E-state index in [0.29, 0.717) is 0 Å². The number of pyridine rings is 1. The third kappa shape index (κ3) is 1.23. The molecule has 0 fully saturated rings. The molecule has 2 atom stereocenters. The van der Waals surface area contributed by atoms with Gasteiger partial charge in [-0.15, -0.1) is 0 Å². The molecule has 2 heterocycles. The highest BCUT2D eigenvalue weighted by atomic mass is 16.3. The second-order valence-corrected chi connectivity index (χ2v) is 3.84. The monoisotopic (exact) mass is 195 g/mol. The number of hydrogen-bond acceptors (Lipinski definition) is 3. The number of rotatable bonds is 1. The van der Waals surface area contributed by atoms with E-state index in [1.807, 2.05) is 6.92 Å². The van der Waals surface area contributed by atoms with Crippen molar-refractivity contribution < 1.29 is 10.2 Å². The summed E-state index contributed by atoms with van der Waals surface area (Å²) in [5, 5.41) is 18.4. The number of hydrogen-bond donors (Lipinski definition) is 2. The third-order valence-corrected chi connectivity index (χ3v) is 2.84. The van der Waals surface area contributed by atoms with Crippen molar-refractivity contribution in [3.8, 4) is 5.75 Å². The average molecular weight is 195 g/mol. The van der Waals surface area contributed by atoms with Crippen LogP contribution in [0.2, 0.25) is 0 Å². The molecule has 0 aliphatic carbocycles. The summed E-state index contributed by atoms with van der Waals surface area (Å²) in [4.78, 5) is 11.5. The Labute approximate surface area is 81.4 Å². The van der Waals surface area contributed by atoms with E-state index < -0.39 is 0 Å². The molecule has 1 aromatic heterocycles. The first-order chi connectivity index (χ1) is 6.63. The fraction of sp³-hybridized carbons (Fsp3) is 0.500. The molecule has 1 aliphatic rings. The van der Waals surface area contributed by atoms with Crippen LogP contribution in [0.5, 0.6) is 5.75 Å². The zero-order chi connectivity index (χ0) is 10.3. The van der Waals surface area contributed by atoms with Crippen LogP contribution in [0.3, 0.4) is 0 Å². The Morgan fingerprint density at radius 2 is 2.29 bits per heavy atom. The van der Waals surface area contributed by atoms with Gasteiger partial charge in [-0.3, -0.25) is 4.79 Å². The maximum absolute atomic E-state index is 11.5. The Balaban J connectivity index is 2.59. The Hall–Kier alpha value is -1.29. The van der Waals surface area contributed by atoms with E-state index in [2.05, 4.69) is 0 Å². The van der Waals surface area contributed by atoms with Crippen LogP contribution in [0.1, 0.15) is 18.7 Å². The van der Waals surface area contributed by atoms with Gasteiger partial charge in [0.1, 0.15) is 5.75 Å². The van der Waals surface area contributed by atoms with Gasteiger partial charge in [-0.05, 0) is 18.4 Å². The summed E-state index contributed by atoms with van der Waals surface area (Å²) in [6, 6.07) is 2.63. The summed E-state index contributed by atoms with van der Waals surface area (Å²) in [5.74, 6) is 0.251. The Kier molecular flexibility index (Phi) is 2.07. The Morgan fingerprint density at radius 1 is 1.57 bits per heavy atom. The van der Waals surface area contributed by atoms with Crippen LogP contribution in [0.4, 0.5) is 0 Å². The molecule has 0 spiro atoms. The van der Waals surface area contributed by atoms with Crippen molar-refractivity contribution in [1.82, 2.24) is 4.57 Å². The summed E-state index contributed by atoms with van der Waals surface area (Å²) < 4.78 is 1.57. The van der Waals surface area contributed by atoms with E-state index in [-0.39, 0.29) is 29.9 Å². The topological polar surface area (TPSA) is 62.5 Å². The lowest BCUT2D eigenvalue weighted by Gasteiger charge is -2.14. The van der Waals surface area contributed by atoms with E-state index in [1.54, 1.807) is 10.6 Å². The number of aromatic hydroxyl groups is 1. The average Bonchev–Trinajstić information content (AvgIpc) is 2.40. The van der Waals surface area contributed by atoms with Gasteiger partial charge in [0.05, 0.1) is 12.6 Å². The molecule has 4 heteroatoms. The maximum Gasteiger partial charge on any atom is 0.254 e. The molecule has 76 valence electrons. The molecule has 2 rings (SSSR count). The fourth-order valence-electron chi connectivity index (χ4n) is 2.14. The van der Waals surface area contributed by atoms with Crippen molar-refractivity contribution in [1.29, 1.82) is 0 Å².